The summed E-state index contributed by atoms with van der Waals surface area (Å²) in [5.74, 6) is -1.36. The number of likely N-dealkylation sites (N-methyl/N-ethyl adjacent to an activating group) is 1. The van der Waals surface area contributed by atoms with Crippen LogP contribution < -0.4 is 15.6 Å². The Morgan fingerprint density at radius 2 is 1.71 bits per heavy atom. The van der Waals surface area contributed by atoms with Gasteiger partial charge in [-0.05, 0) is 86.2 Å². The third-order valence-corrected chi connectivity index (χ3v) is 17.1. The largest absolute Gasteiger partial charge is 0.509 e. The number of rotatable bonds is 15. The summed E-state index contributed by atoms with van der Waals surface area (Å²) in [7, 11) is 6.73. The van der Waals surface area contributed by atoms with Gasteiger partial charge in [-0.1, -0.05) is 44.7 Å². The maximum Gasteiger partial charge on any atom is 0.509 e. The van der Waals surface area contributed by atoms with Crippen molar-refractivity contribution in [2.75, 3.05) is 72.5 Å². The number of aromatic nitrogens is 2. The van der Waals surface area contributed by atoms with Crippen LogP contribution in [0.1, 0.15) is 114 Å². The highest BCUT2D eigenvalue weighted by Gasteiger charge is 2.59. The lowest BCUT2D eigenvalue weighted by molar-refractivity contribution is -0.301. The molecule has 4 aliphatic heterocycles. The van der Waals surface area contributed by atoms with Crippen molar-refractivity contribution in [3.63, 3.8) is 0 Å². The maximum absolute atomic E-state index is 15.8. The molecule has 24 heteroatoms. The number of ether oxygens (including phenoxy) is 7. The molecular formula is C60H82FN7O16. The van der Waals surface area contributed by atoms with E-state index in [0.29, 0.717) is 61.5 Å². The molecule has 0 aliphatic carbocycles. The van der Waals surface area contributed by atoms with Crippen LogP contribution in [0.2, 0.25) is 0 Å². The third-order valence-electron chi connectivity index (χ3n) is 17.1. The van der Waals surface area contributed by atoms with Crippen LogP contribution in [-0.4, -0.2) is 193 Å². The van der Waals surface area contributed by atoms with Crippen LogP contribution in [0.25, 0.3) is 10.9 Å². The molecule has 14 atom stereocenters. The number of aliphatic hydroxyl groups is 1. The molecular weight excluding hydrogens is 1090 g/mol. The van der Waals surface area contributed by atoms with Gasteiger partial charge in [0.2, 0.25) is 5.43 Å². The Bertz CT molecular complexity index is 3050. The number of esters is 2. The number of aliphatic hydroxyl groups excluding tert-OH is 1. The van der Waals surface area contributed by atoms with Gasteiger partial charge in [-0.25, -0.2) is 14.0 Å². The molecule has 4 saturated heterocycles. The Hall–Kier alpha value is -6.75. The molecule has 460 valence electrons. The number of hydrogen-bond donors (Lipinski definition) is 3. The maximum atomic E-state index is 15.8. The fraction of sp³-hybridized carbons (Fsp3) is 0.633. The van der Waals surface area contributed by atoms with E-state index >= 15 is 4.39 Å². The van der Waals surface area contributed by atoms with Gasteiger partial charge < -0.3 is 67.9 Å². The van der Waals surface area contributed by atoms with Crippen molar-refractivity contribution >= 4 is 52.3 Å². The quantitative estimate of drug-likeness (QED) is 0.0577. The lowest BCUT2D eigenvalue weighted by atomic mass is 9.73. The molecule has 0 unspecified atom stereocenters. The van der Waals surface area contributed by atoms with E-state index in [4.69, 9.17) is 38.0 Å². The molecule has 1 amide bonds. The Morgan fingerprint density at radius 1 is 1.00 bits per heavy atom. The average molecular weight is 1180 g/mol. The molecule has 0 radical (unpaired) electrons. The summed E-state index contributed by atoms with van der Waals surface area (Å²) in [4.78, 5) is 95.6. The van der Waals surface area contributed by atoms with E-state index in [1.165, 1.54) is 32.7 Å². The summed E-state index contributed by atoms with van der Waals surface area (Å²) < 4.78 is 62.0. The van der Waals surface area contributed by atoms with Crippen molar-refractivity contribution in [2.45, 2.75) is 155 Å². The molecule has 3 N–H and O–H groups in total. The number of carboxylic acids is 1. The summed E-state index contributed by atoms with van der Waals surface area (Å²) in [5, 5.41) is 28.8. The topological polar surface area (TPSA) is 269 Å². The fourth-order valence-electron chi connectivity index (χ4n) is 12.4. The number of fused-ring (bicyclic) bond motifs is 2. The smallest absolute Gasteiger partial charge is 0.477 e. The summed E-state index contributed by atoms with van der Waals surface area (Å²) >= 11 is 0. The van der Waals surface area contributed by atoms with Crippen molar-refractivity contribution in [1.29, 1.82) is 0 Å². The predicted molar refractivity (Wildman–Crippen MR) is 306 cm³/mol. The zero-order chi connectivity index (χ0) is 61.5. The number of methoxy groups -OCH3 is 1. The molecule has 4 aliphatic rings. The monoisotopic (exact) mass is 1180 g/mol. The number of aryl methyl sites for hydroxylation is 1. The lowest BCUT2D eigenvalue weighted by Crippen LogP contribution is -2.60. The molecule has 84 heavy (non-hydrogen) atoms. The van der Waals surface area contributed by atoms with E-state index in [0.717, 1.165) is 6.07 Å². The van der Waals surface area contributed by atoms with Gasteiger partial charge in [-0.2, -0.15) is 0 Å². The second-order valence-corrected chi connectivity index (χ2v) is 23.0. The number of nitrogens with zero attached hydrogens (tertiary/aromatic N) is 6. The number of nitrogens with one attached hydrogen (secondary N) is 1. The van der Waals surface area contributed by atoms with Crippen LogP contribution in [0.15, 0.2) is 46.7 Å². The van der Waals surface area contributed by atoms with Crippen LogP contribution in [0, 0.1) is 41.3 Å². The van der Waals surface area contributed by atoms with E-state index in [1.54, 1.807) is 58.2 Å². The number of anilines is 1. The van der Waals surface area contributed by atoms with E-state index in [1.807, 2.05) is 49.6 Å². The molecule has 0 bridgehead atoms. The van der Waals surface area contributed by atoms with Gasteiger partial charge in [0.1, 0.15) is 29.7 Å². The second kappa shape index (κ2) is 27.5. The minimum absolute atomic E-state index is 0.0327. The van der Waals surface area contributed by atoms with Gasteiger partial charge in [-0.3, -0.25) is 29.1 Å². The third kappa shape index (κ3) is 14.1. The predicted octanol–water partition coefficient (Wildman–Crippen LogP) is 5.24. The minimum atomic E-state index is -1.57. The molecule has 0 spiro atoms. The highest BCUT2D eigenvalue weighted by atomic mass is 19.1. The average Bonchev–Trinajstić information content (AvgIpc) is 1.87. The number of benzene rings is 1. The van der Waals surface area contributed by atoms with Gasteiger partial charge >= 0.3 is 24.1 Å². The summed E-state index contributed by atoms with van der Waals surface area (Å²) in [6.45, 7) is 17.9. The summed E-state index contributed by atoms with van der Waals surface area (Å²) in [6.07, 6.45) is -3.39. The zero-order valence-corrected chi connectivity index (χ0v) is 50.3. The van der Waals surface area contributed by atoms with E-state index in [9.17, 15) is 39.0 Å². The number of carboxylic acid groups (broad SMARTS) is 1. The van der Waals surface area contributed by atoms with Gasteiger partial charge in [0, 0.05) is 107 Å². The Kier molecular flexibility index (Phi) is 21.2. The molecule has 23 nitrogen and oxygen atoms in total. The van der Waals surface area contributed by atoms with E-state index < -0.39 is 113 Å². The first kappa shape index (κ1) is 64.8. The van der Waals surface area contributed by atoms with Gasteiger partial charge in [-0.15, -0.1) is 0 Å². The number of pyridine rings is 2. The standard InChI is InChI=1S/C60H82FN7O16/c1-14-46-60(9)53(83-58(76)84-60)35(5)48(64-78-24-16-17-38-26-39(31-63-30-38)54(72)62-10)33(3)29-59(8,77-13)52(82-57-50(71)45(65(11)12)25-34(4)79-57)36(6)51(37(7)56(75)80-46)81-47(69)18-19-66-20-22-68(23-21-66)44-28-43-40(27-42(44)61)49(70)41(55(73)74)32-67(43)15-2/h26-28,30-37,45-46,50-53,57,71H,14-15,18-25,29H2,1-13H3,(H,62,72)(H,73,74)/b64-48+/t33-,34-,35+,36+,37-,45+,46-,50-,51+,52-,53-,57+,59-,60-/m1/s1. The van der Waals surface area contributed by atoms with E-state index in [-0.39, 0.29) is 61.5 Å². The molecule has 3 aromatic rings. The number of hydrogen-bond acceptors (Lipinski definition) is 20. The molecule has 7 rings (SSSR count). The number of aromatic carboxylic acids is 1. The SMILES string of the molecule is CC[C@H]1OC(=O)[C@H](C)[C@@H](OC(=O)CCN2CCN(c3cc4c(cc3F)c(=O)c(C(=O)O)cn4CC)CC2)[C@H](C)[C@@H](O[C@@H]2O[C@H](C)C[C@H](N(C)C)[C@H]2O)[C@](C)(OC)C[C@@H](C)/C(=N\OCC#Cc2cncc(C(=O)NC)c2)[C@H](C)[C@H]2OC(=O)O[C@@]21C. The highest BCUT2D eigenvalue weighted by Crippen LogP contribution is 2.43. The van der Waals surface area contributed by atoms with Crippen LogP contribution in [0.4, 0.5) is 14.9 Å². The lowest BCUT2D eigenvalue weighted by Gasteiger charge is -2.48. The van der Waals surface area contributed by atoms with Crippen molar-refractivity contribution in [1.82, 2.24) is 24.7 Å². The van der Waals surface area contributed by atoms with E-state index in [2.05, 4.69) is 27.3 Å². The number of oxime groups is 1. The van der Waals surface area contributed by atoms with Crippen molar-refractivity contribution in [2.24, 2.45) is 28.8 Å². The summed E-state index contributed by atoms with van der Waals surface area (Å²) in [6, 6.07) is 3.87. The first-order chi connectivity index (χ1) is 39.8. The second-order valence-electron chi connectivity index (χ2n) is 23.0. The number of halogens is 1. The van der Waals surface area contributed by atoms with Crippen LogP contribution >= 0.6 is 0 Å². The minimum Gasteiger partial charge on any atom is -0.477 e. The van der Waals surface area contributed by atoms with Crippen molar-refractivity contribution in [3.8, 4) is 11.8 Å². The molecule has 2 aromatic heterocycles. The number of carbonyl (C=O) groups excluding carboxylic acids is 4. The van der Waals surface area contributed by atoms with Gasteiger partial charge in [0.05, 0.1) is 52.6 Å². The van der Waals surface area contributed by atoms with Crippen LogP contribution in [0.5, 0.6) is 0 Å². The highest BCUT2D eigenvalue weighted by molar-refractivity contribution is 5.94. The molecule has 4 fully saturated rings. The van der Waals surface area contributed by atoms with Crippen LogP contribution in [-0.2, 0) is 54.1 Å². The normalized spacial score (nSPS) is 31.2. The number of cyclic esters (lactones) is 1. The first-order valence-corrected chi connectivity index (χ1v) is 28.7. The van der Waals surface area contributed by atoms with Gasteiger partial charge in [0.15, 0.2) is 24.6 Å². The first-order valence-electron chi connectivity index (χ1n) is 28.7. The molecule has 6 heterocycles. The Morgan fingerprint density at radius 3 is 2.36 bits per heavy atom. The van der Waals surface area contributed by atoms with Crippen molar-refractivity contribution < 1.29 is 76.6 Å². The number of carbonyl (C=O) groups is 5. The zero-order valence-electron chi connectivity index (χ0n) is 50.3. The molecule has 1 aromatic carbocycles. The Balaban J connectivity index is 1.19. The van der Waals surface area contributed by atoms with Crippen LogP contribution in [0.3, 0.4) is 0 Å². The summed E-state index contributed by atoms with van der Waals surface area (Å²) in [5.41, 5.74) is -2.30. The number of piperazine rings is 1. The van der Waals surface area contributed by atoms with Crippen molar-refractivity contribution in [3.05, 3.63) is 69.5 Å². The number of amides is 1. The molecule has 0 saturated carbocycles. The fourth-order valence-corrected chi connectivity index (χ4v) is 12.4. The Labute approximate surface area is 489 Å². The van der Waals surface area contributed by atoms with Gasteiger partial charge in [0.25, 0.3) is 5.91 Å².